The summed E-state index contributed by atoms with van der Waals surface area (Å²) in [6.07, 6.45) is 7.53. The predicted molar refractivity (Wildman–Crippen MR) is 70.3 cm³/mol. The minimum absolute atomic E-state index is 0.0325. The van der Waals surface area contributed by atoms with E-state index in [9.17, 15) is 9.18 Å². The third-order valence-electron chi connectivity index (χ3n) is 4.05. The van der Waals surface area contributed by atoms with Crippen LogP contribution in [0.5, 0.6) is 0 Å². The molecule has 2 heterocycles. The standard InChI is InChI=1S/C15H15FN2O/c1-15(2)11-4-3-9(7-13(11)18-14(15)19)10-8-17-6-5-12(10)16/h3,5-8,11H,4H2,1-2H3,(H,18,19). The van der Waals surface area contributed by atoms with Crippen LogP contribution >= 0.6 is 0 Å². The Balaban J connectivity index is 1.99. The third kappa shape index (κ3) is 1.79. The fraction of sp³-hybridized carbons (Fsp3) is 0.333. The van der Waals surface area contributed by atoms with E-state index in [1.807, 2.05) is 26.0 Å². The zero-order valence-electron chi connectivity index (χ0n) is 10.9. The lowest BCUT2D eigenvalue weighted by molar-refractivity contribution is -0.127. The van der Waals surface area contributed by atoms with Gasteiger partial charge in [-0.1, -0.05) is 19.9 Å². The van der Waals surface area contributed by atoms with Gasteiger partial charge in [-0.2, -0.15) is 0 Å². The molecule has 19 heavy (non-hydrogen) atoms. The average Bonchev–Trinajstić information content (AvgIpc) is 2.60. The first-order valence-corrected chi connectivity index (χ1v) is 6.33. The molecule has 0 spiro atoms. The molecule has 0 aromatic carbocycles. The van der Waals surface area contributed by atoms with Crippen LogP contribution in [0.4, 0.5) is 4.39 Å². The molecule has 1 saturated heterocycles. The number of nitrogens with zero attached hydrogens (tertiary/aromatic N) is 1. The van der Waals surface area contributed by atoms with Crippen molar-refractivity contribution < 1.29 is 9.18 Å². The molecule has 0 radical (unpaired) electrons. The van der Waals surface area contributed by atoms with Gasteiger partial charge in [0.1, 0.15) is 5.82 Å². The summed E-state index contributed by atoms with van der Waals surface area (Å²) in [5, 5.41) is 2.90. The Morgan fingerprint density at radius 2 is 2.26 bits per heavy atom. The van der Waals surface area contributed by atoms with Crippen molar-refractivity contribution in [2.75, 3.05) is 0 Å². The summed E-state index contributed by atoms with van der Waals surface area (Å²) in [5.41, 5.74) is 1.75. The van der Waals surface area contributed by atoms with E-state index in [0.29, 0.717) is 5.56 Å². The average molecular weight is 258 g/mol. The Hall–Kier alpha value is -1.97. The molecule has 1 amide bonds. The molecule has 2 aliphatic rings. The minimum atomic E-state index is -0.401. The van der Waals surface area contributed by atoms with Crippen LogP contribution in [-0.4, -0.2) is 10.9 Å². The maximum absolute atomic E-state index is 13.7. The molecule has 0 bridgehead atoms. The number of allylic oxidation sites excluding steroid dienone is 4. The van der Waals surface area contributed by atoms with Crippen molar-refractivity contribution in [3.63, 3.8) is 0 Å². The Labute approximate surface area is 111 Å². The van der Waals surface area contributed by atoms with Crippen molar-refractivity contribution in [1.29, 1.82) is 0 Å². The number of halogens is 1. The van der Waals surface area contributed by atoms with E-state index in [4.69, 9.17) is 0 Å². The van der Waals surface area contributed by atoms with Crippen LogP contribution in [-0.2, 0) is 4.79 Å². The van der Waals surface area contributed by atoms with Crippen molar-refractivity contribution in [1.82, 2.24) is 10.3 Å². The van der Waals surface area contributed by atoms with Crippen molar-refractivity contribution >= 4 is 11.5 Å². The van der Waals surface area contributed by atoms with E-state index in [-0.39, 0.29) is 17.6 Å². The molecule has 1 N–H and O–H groups in total. The summed E-state index contributed by atoms with van der Waals surface area (Å²) in [4.78, 5) is 15.9. The summed E-state index contributed by atoms with van der Waals surface area (Å²) in [7, 11) is 0. The molecule has 1 aliphatic carbocycles. The normalized spacial score (nSPS) is 24.4. The number of rotatable bonds is 1. The first-order valence-electron chi connectivity index (χ1n) is 6.33. The molecule has 1 aromatic heterocycles. The Morgan fingerprint density at radius 3 is 3.00 bits per heavy atom. The van der Waals surface area contributed by atoms with E-state index < -0.39 is 5.41 Å². The van der Waals surface area contributed by atoms with Gasteiger partial charge in [-0.15, -0.1) is 0 Å². The van der Waals surface area contributed by atoms with E-state index in [1.54, 1.807) is 0 Å². The molecule has 3 nitrogen and oxygen atoms in total. The molecule has 0 saturated carbocycles. The zero-order chi connectivity index (χ0) is 13.6. The van der Waals surface area contributed by atoms with Gasteiger partial charge in [0.2, 0.25) is 5.91 Å². The molecule has 1 atom stereocenters. The summed E-state index contributed by atoms with van der Waals surface area (Å²) in [6.45, 7) is 3.88. The fourth-order valence-corrected chi connectivity index (χ4v) is 2.73. The molecule has 98 valence electrons. The molecule has 1 unspecified atom stereocenters. The van der Waals surface area contributed by atoms with E-state index >= 15 is 0 Å². The topological polar surface area (TPSA) is 42.0 Å². The number of amides is 1. The van der Waals surface area contributed by atoms with Crippen LogP contribution in [0.1, 0.15) is 25.8 Å². The molecular weight excluding hydrogens is 243 g/mol. The maximum Gasteiger partial charge on any atom is 0.230 e. The molecule has 1 aliphatic heterocycles. The molecular formula is C15H15FN2O. The number of nitrogens with one attached hydrogen (secondary N) is 1. The largest absolute Gasteiger partial charge is 0.329 e. The number of carbonyl (C=O) groups is 1. The van der Waals surface area contributed by atoms with Gasteiger partial charge in [0, 0.05) is 29.6 Å². The second-order valence-corrected chi connectivity index (χ2v) is 5.58. The number of carbonyl (C=O) groups excluding carboxylic acids is 1. The number of fused-ring (bicyclic) bond motifs is 1. The second-order valence-electron chi connectivity index (χ2n) is 5.58. The number of aromatic nitrogens is 1. The lowest BCUT2D eigenvalue weighted by atomic mass is 9.75. The van der Waals surface area contributed by atoms with Crippen molar-refractivity contribution in [3.05, 3.63) is 47.7 Å². The summed E-state index contributed by atoms with van der Waals surface area (Å²) >= 11 is 0. The van der Waals surface area contributed by atoms with Crippen molar-refractivity contribution in [3.8, 4) is 0 Å². The molecule has 4 heteroatoms. The van der Waals surface area contributed by atoms with Gasteiger partial charge in [0.25, 0.3) is 0 Å². The Morgan fingerprint density at radius 1 is 1.47 bits per heavy atom. The highest BCUT2D eigenvalue weighted by Crippen LogP contribution is 2.44. The third-order valence-corrected chi connectivity index (χ3v) is 4.05. The van der Waals surface area contributed by atoms with Crippen molar-refractivity contribution in [2.45, 2.75) is 20.3 Å². The zero-order valence-corrected chi connectivity index (χ0v) is 10.9. The number of pyridine rings is 1. The minimum Gasteiger partial charge on any atom is -0.329 e. The predicted octanol–water partition coefficient (Wildman–Crippen LogP) is 2.66. The van der Waals surface area contributed by atoms with Crippen LogP contribution in [0.2, 0.25) is 0 Å². The van der Waals surface area contributed by atoms with E-state index in [0.717, 1.165) is 17.7 Å². The highest BCUT2D eigenvalue weighted by Gasteiger charge is 2.45. The summed E-state index contributed by atoms with van der Waals surface area (Å²) < 4.78 is 13.7. The summed E-state index contributed by atoms with van der Waals surface area (Å²) in [5.74, 6) is -0.103. The highest BCUT2D eigenvalue weighted by atomic mass is 19.1. The van der Waals surface area contributed by atoms with Gasteiger partial charge in [-0.3, -0.25) is 9.78 Å². The van der Waals surface area contributed by atoms with Crippen LogP contribution in [0.15, 0.2) is 36.3 Å². The van der Waals surface area contributed by atoms with Crippen LogP contribution in [0, 0.1) is 17.2 Å². The monoisotopic (exact) mass is 258 g/mol. The number of hydrogen-bond acceptors (Lipinski definition) is 2. The quantitative estimate of drug-likeness (QED) is 0.841. The first-order chi connectivity index (χ1) is 9.00. The van der Waals surface area contributed by atoms with Gasteiger partial charge in [0.05, 0.1) is 5.41 Å². The smallest absolute Gasteiger partial charge is 0.230 e. The number of hydrogen-bond donors (Lipinski definition) is 1. The lowest BCUT2D eigenvalue weighted by Gasteiger charge is -2.25. The Bertz CT molecular complexity index is 616. The van der Waals surface area contributed by atoms with Gasteiger partial charge in [-0.05, 0) is 24.1 Å². The Kier molecular flexibility index (Phi) is 2.55. The highest BCUT2D eigenvalue weighted by molar-refractivity contribution is 5.90. The fourth-order valence-electron chi connectivity index (χ4n) is 2.73. The molecule has 1 aromatic rings. The van der Waals surface area contributed by atoms with Gasteiger partial charge < -0.3 is 5.32 Å². The van der Waals surface area contributed by atoms with Gasteiger partial charge in [-0.25, -0.2) is 4.39 Å². The van der Waals surface area contributed by atoms with Crippen LogP contribution < -0.4 is 5.32 Å². The van der Waals surface area contributed by atoms with E-state index in [2.05, 4.69) is 10.3 Å². The van der Waals surface area contributed by atoms with Crippen molar-refractivity contribution in [2.24, 2.45) is 11.3 Å². The first kappa shape index (κ1) is 12.1. The summed E-state index contributed by atoms with van der Waals surface area (Å²) in [6, 6.07) is 1.35. The van der Waals surface area contributed by atoms with E-state index in [1.165, 1.54) is 18.5 Å². The van der Waals surface area contributed by atoms with Gasteiger partial charge in [0.15, 0.2) is 0 Å². The SMILES string of the molecule is CC1(C)C(=O)NC2=CC(c3cnccc3F)=CCC21. The van der Waals surface area contributed by atoms with Crippen LogP contribution in [0.3, 0.4) is 0 Å². The lowest BCUT2D eigenvalue weighted by Crippen LogP contribution is -2.28. The molecule has 1 fully saturated rings. The van der Waals surface area contributed by atoms with Gasteiger partial charge >= 0.3 is 0 Å². The van der Waals surface area contributed by atoms with Crippen LogP contribution in [0.25, 0.3) is 5.57 Å². The maximum atomic E-state index is 13.7. The molecule has 3 rings (SSSR count). The second kappa shape index (κ2) is 4.02.